The van der Waals surface area contributed by atoms with Gasteiger partial charge in [-0.25, -0.2) is 4.98 Å². The maximum absolute atomic E-state index is 12.9. The highest BCUT2D eigenvalue weighted by Gasteiger charge is 2.31. The van der Waals surface area contributed by atoms with Crippen LogP contribution in [0.3, 0.4) is 0 Å². The molecule has 0 aliphatic carbocycles. The molecule has 1 atom stereocenters. The van der Waals surface area contributed by atoms with Crippen molar-refractivity contribution in [1.29, 1.82) is 0 Å². The molecule has 0 bridgehead atoms. The summed E-state index contributed by atoms with van der Waals surface area (Å²) in [6.07, 6.45) is 2.68. The fourth-order valence-corrected chi connectivity index (χ4v) is 4.55. The first-order valence-electron chi connectivity index (χ1n) is 12.1. The number of carbonyl (C=O) groups is 1. The van der Waals surface area contributed by atoms with E-state index in [9.17, 15) is 4.79 Å². The first-order valence-corrected chi connectivity index (χ1v) is 12.1. The van der Waals surface area contributed by atoms with E-state index in [0.29, 0.717) is 18.8 Å². The van der Waals surface area contributed by atoms with E-state index in [1.165, 1.54) is 5.56 Å². The zero-order valence-electron chi connectivity index (χ0n) is 19.7. The summed E-state index contributed by atoms with van der Waals surface area (Å²) in [6, 6.07) is 30.4. The monoisotopic (exact) mass is 466 g/mol. The Kier molecular flexibility index (Phi) is 7.20. The van der Waals surface area contributed by atoms with Gasteiger partial charge in [-0.05, 0) is 29.7 Å². The molecule has 1 aromatic heterocycles. The van der Waals surface area contributed by atoms with E-state index in [2.05, 4.69) is 39.0 Å². The second-order valence-corrected chi connectivity index (χ2v) is 8.68. The molecule has 35 heavy (non-hydrogen) atoms. The number of hydrogen-bond acceptors (Lipinski definition) is 4. The molecule has 1 N–H and O–H groups in total. The summed E-state index contributed by atoms with van der Waals surface area (Å²) in [5.74, 6) is 1.64. The molecule has 2 heterocycles. The van der Waals surface area contributed by atoms with Gasteiger partial charge in [0.2, 0.25) is 0 Å². The van der Waals surface area contributed by atoms with E-state index in [4.69, 9.17) is 9.72 Å². The second kappa shape index (κ2) is 11.0. The number of para-hydroxylation sites is 1. The normalized spacial score (nSPS) is 15.4. The van der Waals surface area contributed by atoms with E-state index in [0.717, 1.165) is 43.2 Å². The Labute approximate surface area is 206 Å². The Balaban J connectivity index is 1.29. The number of nitrogens with one attached hydrogen (secondary N) is 1. The largest absolute Gasteiger partial charge is 0.492 e. The molecule has 1 unspecified atom stereocenters. The van der Waals surface area contributed by atoms with Crippen LogP contribution in [-0.4, -0.2) is 46.6 Å². The number of aromatic nitrogens is 2. The lowest BCUT2D eigenvalue weighted by atomic mass is 10.0. The molecule has 0 saturated carbocycles. The number of nitrogens with zero attached hydrogens (tertiary/aromatic N) is 3. The third-order valence-corrected chi connectivity index (χ3v) is 6.33. The molecule has 1 aliphatic heterocycles. The molecule has 0 saturated heterocycles. The van der Waals surface area contributed by atoms with Crippen molar-refractivity contribution in [2.24, 2.45) is 0 Å². The van der Waals surface area contributed by atoms with Gasteiger partial charge in [-0.1, -0.05) is 78.9 Å². The Morgan fingerprint density at radius 1 is 0.914 bits per heavy atom. The molecule has 4 aromatic rings. The average molecular weight is 467 g/mol. The molecule has 0 radical (unpaired) electrons. The van der Waals surface area contributed by atoms with Crippen molar-refractivity contribution in [3.8, 4) is 5.75 Å². The molecular weight excluding hydrogens is 436 g/mol. The Bertz CT molecular complexity index is 1230. The van der Waals surface area contributed by atoms with Gasteiger partial charge in [0.15, 0.2) is 0 Å². The maximum atomic E-state index is 12.9. The third-order valence-electron chi connectivity index (χ3n) is 6.33. The van der Waals surface area contributed by atoms with Crippen molar-refractivity contribution in [3.05, 3.63) is 120 Å². The highest BCUT2D eigenvalue weighted by Crippen LogP contribution is 2.31. The molecule has 6 heteroatoms. The van der Waals surface area contributed by atoms with Gasteiger partial charge >= 0.3 is 0 Å². The van der Waals surface area contributed by atoms with E-state index >= 15 is 0 Å². The first kappa shape index (κ1) is 22.9. The standard InChI is InChI=1S/C29H30N4O2/c34-29(30-17-16-23-10-4-1-5-11-23)26-22-33-19-18-32(20-21-35-25-14-8-3-9-15-25)27(28(33)31-26)24-12-6-2-7-13-24/h1-15,22,27H,16-21H2,(H,30,34). The molecular formula is C29H30N4O2. The smallest absolute Gasteiger partial charge is 0.271 e. The number of amides is 1. The van der Waals surface area contributed by atoms with Crippen LogP contribution in [0.15, 0.2) is 97.2 Å². The minimum atomic E-state index is -0.131. The topological polar surface area (TPSA) is 59.4 Å². The van der Waals surface area contributed by atoms with Crippen LogP contribution < -0.4 is 10.1 Å². The predicted molar refractivity (Wildman–Crippen MR) is 137 cm³/mol. The number of imidazole rings is 1. The number of ether oxygens (including phenoxy) is 1. The molecule has 0 fully saturated rings. The lowest BCUT2D eigenvalue weighted by Crippen LogP contribution is -2.41. The quantitative estimate of drug-likeness (QED) is 0.399. The van der Waals surface area contributed by atoms with E-state index in [1.807, 2.05) is 72.9 Å². The van der Waals surface area contributed by atoms with Crippen LogP contribution in [0.1, 0.15) is 33.5 Å². The van der Waals surface area contributed by atoms with Crippen LogP contribution >= 0.6 is 0 Å². The van der Waals surface area contributed by atoms with Crippen molar-refractivity contribution in [1.82, 2.24) is 19.8 Å². The van der Waals surface area contributed by atoms with Gasteiger partial charge in [-0.2, -0.15) is 0 Å². The number of benzene rings is 3. The fraction of sp³-hybridized carbons (Fsp3) is 0.241. The molecule has 1 amide bonds. The zero-order chi connectivity index (χ0) is 23.9. The van der Waals surface area contributed by atoms with Crippen molar-refractivity contribution < 1.29 is 9.53 Å². The van der Waals surface area contributed by atoms with Gasteiger partial charge in [0.1, 0.15) is 23.9 Å². The SMILES string of the molecule is O=C(NCCc1ccccc1)c1cn2c(n1)C(c1ccccc1)N(CCOc1ccccc1)CC2. The summed E-state index contributed by atoms with van der Waals surface area (Å²) in [6.45, 7) is 3.57. The van der Waals surface area contributed by atoms with Gasteiger partial charge in [0.05, 0.1) is 6.04 Å². The van der Waals surface area contributed by atoms with Crippen LogP contribution in [-0.2, 0) is 13.0 Å². The summed E-state index contributed by atoms with van der Waals surface area (Å²) in [7, 11) is 0. The first-order chi connectivity index (χ1) is 17.3. The van der Waals surface area contributed by atoms with Gasteiger partial charge in [-0.3, -0.25) is 9.69 Å². The summed E-state index contributed by atoms with van der Waals surface area (Å²) < 4.78 is 8.10. The van der Waals surface area contributed by atoms with Gasteiger partial charge in [0, 0.05) is 32.4 Å². The van der Waals surface area contributed by atoms with Crippen LogP contribution in [0.5, 0.6) is 5.75 Å². The maximum Gasteiger partial charge on any atom is 0.271 e. The van der Waals surface area contributed by atoms with Gasteiger partial charge in [-0.15, -0.1) is 0 Å². The molecule has 3 aromatic carbocycles. The van der Waals surface area contributed by atoms with Crippen molar-refractivity contribution in [2.75, 3.05) is 26.2 Å². The number of rotatable bonds is 9. The van der Waals surface area contributed by atoms with Crippen LogP contribution in [0.2, 0.25) is 0 Å². The minimum absolute atomic E-state index is 0.0322. The molecule has 5 rings (SSSR count). The van der Waals surface area contributed by atoms with E-state index in [-0.39, 0.29) is 11.9 Å². The van der Waals surface area contributed by atoms with Crippen molar-refractivity contribution in [3.63, 3.8) is 0 Å². The van der Waals surface area contributed by atoms with E-state index < -0.39 is 0 Å². The lowest BCUT2D eigenvalue weighted by molar-refractivity contribution is 0.0949. The highest BCUT2D eigenvalue weighted by atomic mass is 16.5. The van der Waals surface area contributed by atoms with Crippen LogP contribution in [0.4, 0.5) is 0 Å². The Morgan fingerprint density at radius 2 is 1.60 bits per heavy atom. The predicted octanol–water partition coefficient (Wildman–Crippen LogP) is 4.34. The van der Waals surface area contributed by atoms with Crippen molar-refractivity contribution >= 4 is 5.91 Å². The Hall–Kier alpha value is -3.90. The fourth-order valence-electron chi connectivity index (χ4n) is 4.55. The molecule has 1 aliphatic rings. The Morgan fingerprint density at radius 3 is 2.34 bits per heavy atom. The number of fused-ring (bicyclic) bond motifs is 1. The highest BCUT2D eigenvalue weighted by molar-refractivity contribution is 5.92. The van der Waals surface area contributed by atoms with Crippen molar-refractivity contribution in [2.45, 2.75) is 19.0 Å². The number of carbonyl (C=O) groups excluding carboxylic acids is 1. The lowest BCUT2D eigenvalue weighted by Gasteiger charge is -2.36. The summed E-state index contributed by atoms with van der Waals surface area (Å²) in [5, 5.41) is 3.03. The van der Waals surface area contributed by atoms with Gasteiger partial charge < -0.3 is 14.6 Å². The molecule has 0 spiro atoms. The van der Waals surface area contributed by atoms with Gasteiger partial charge in [0.25, 0.3) is 5.91 Å². The van der Waals surface area contributed by atoms with E-state index in [1.54, 1.807) is 0 Å². The molecule has 6 nitrogen and oxygen atoms in total. The second-order valence-electron chi connectivity index (χ2n) is 8.68. The minimum Gasteiger partial charge on any atom is -0.492 e. The third kappa shape index (κ3) is 5.61. The summed E-state index contributed by atoms with van der Waals surface area (Å²) >= 11 is 0. The zero-order valence-corrected chi connectivity index (χ0v) is 19.7. The average Bonchev–Trinajstić information content (AvgIpc) is 3.35. The molecule has 178 valence electrons. The van der Waals surface area contributed by atoms with Crippen LogP contribution in [0, 0.1) is 0 Å². The van der Waals surface area contributed by atoms with Crippen LogP contribution in [0.25, 0.3) is 0 Å². The summed E-state index contributed by atoms with van der Waals surface area (Å²) in [5.41, 5.74) is 2.83. The number of hydrogen-bond donors (Lipinski definition) is 1. The summed E-state index contributed by atoms with van der Waals surface area (Å²) in [4.78, 5) is 20.1.